The number of anilines is 2. The van der Waals surface area contributed by atoms with Crippen LogP contribution in [-0.2, 0) is 0 Å². The molecule has 0 aliphatic carbocycles. The molecule has 0 spiro atoms. The molecule has 4 aromatic rings. The Kier molecular flexibility index (Phi) is 6.32. The minimum absolute atomic E-state index is 0.285. The Hall–Kier alpha value is -3.82. The van der Waals surface area contributed by atoms with Gasteiger partial charge in [-0.15, -0.1) is 0 Å². The molecule has 4 rings (SSSR count). The Morgan fingerprint density at radius 3 is 2.59 bits per heavy atom. The second-order valence-corrected chi connectivity index (χ2v) is 7.86. The second-order valence-electron chi connectivity index (χ2n) is 7.86. The highest BCUT2D eigenvalue weighted by Gasteiger charge is 2.44. The summed E-state index contributed by atoms with van der Waals surface area (Å²) in [5, 5.41) is 3.03. The van der Waals surface area contributed by atoms with Crippen molar-refractivity contribution < 1.29 is 27.0 Å². The van der Waals surface area contributed by atoms with Gasteiger partial charge in [0, 0.05) is 35.9 Å². The number of hydrogen-bond acceptors (Lipinski definition) is 5. The first kappa shape index (κ1) is 23.3. The van der Waals surface area contributed by atoms with Crippen molar-refractivity contribution >= 4 is 17.2 Å². The van der Waals surface area contributed by atoms with Crippen molar-refractivity contribution in [2.75, 3.05) is 12.4 Å². The van der Waals surface area contributed by atoms with Gasteiger partial charge in [-0.2, -0.15) is 17.6 Å². The van der Waals surface area contributed by atoms with Crippen LogP contribution in [0.3, 0.4) is 0 Å². The van der Waals surface area contributed by atoms with Gasteiger partial charge in [0.25, 0.3) is 0 Å². The number of benzene rings is 2. The molecule has 0 unspecified atom stereocenters. The molecule has 0 atom stereocenters. The van der Waals surface area contributed by atoms with Gasteiger partial charge in [0.2, 0.25) is 0 Å². The molecule has 1 N–H and O–H groups in total. The molecule has 0 radical (unpaired) electrons. The molecule has 2 aromatic carbocycles. The van der Waals surface area contributed by atoms with Gasteiger partial charge in [-0.3, -0.25) is 0 Å². The van der Waals surface area contributed by atoms with Crippen molar-refractivity contribution in [3.05, 3.63) is 66.6 Å². The van der Waals surface area contributed by atoms with E-state index in [1.807, 2.05) is 18.2 Å². The third-order valence-electron chi connectivity index (χ3n) is 5.14. The lowest BCUT2D eigenvalue weighted by molar-refractivity contribution is -0.253. The maximum atomic E-state index is 13.3. The fourth-order valence-electron chi connectivity index (χ4n) is 3.41. The Morgan fingerprint density at radius 1 is 1.09 bits per heavy atom. The molecule has 34 heavy (non-hydrogen) atoms. The largest absolute Gasteiger partial charge is 0.496 e. The van der Waals surface area contributed by atoms with E-state index in [4.69, 9.17) is 9.72 Å². The van der Waals surface area contributed by atoms with Gasteiger partial charge in [-0.05, 0) is 35.7 Å². The van der Waals surface area contributed by atoms with Crippen LogP contribution in [0, 0.1) is 0 Å². The summed E-state index contributed by atoms with van der Waals surface area (Å²) in [6.45, 7) is 4.16. The van der Waals surface area contributed by atoms with E-state index < -0.39 is 18.3 Å². The van der Waals surface area contributed by atoms with E-state index in [2.05, 4.69) is 28.9 Å². The van der Waals surface area contributed by atoms with Crippen LogP contribution in [0.2, 0.25) is 0 Å². The average Bonchev–Trinajstić information content (AvgIpc) is 3.27. The maximum Gasteiger partial charge on any atom is 0.461 e. The van der Waals surface area contributed by atoms with Crippen LogP contribution >= 0.6 is 0 Å². The first-order chi connectivity index (χ1) is 16.2. The first-order valence-electron chi connectivity index (χ1n) is 10.4. The fourth-order valence-corrected chi connectivity index (χ4v) is 3.41. The molecule has 0 fully saturated rings. The Bertz CT molecular complexity index is 1310. The monoisotopic (exact) mass is 474 g/mol. The van der Waals surface area contributed by atoms with E-state index in [-0.39, 0.29) is 5.92 Å². The lowest BCUT2D eigenvalue weighted by atomic mass is 9.99. The summed E-state index contributed by atoms with van der Waals surface area (Å²) in [5.74, 6) is 0.828. The van der Waals surface area contributed by atoms with Gasteiger partial charge < -0.3 is 19.2 Å². The molecule has 0 amide bonds. The Labute approximate surface area is 193 Å². The first-order valence-corrected chi connectivity index (χ1v) is 10.4. The smallest absolute Gasteiger partial charge is 0.461 e. The number of ether oxygens (including phenoxy) is 2. The summed E-state index contributed by atoms with van der Waals surface area (Å²) in [6.07, 6.45) is -3.42. The standard InChI is InChI=1S/C24H22F4N4O2/c1-14(2)15-7-8-20(33-3)18(11-15)19-13-32-10-9-29-22(32)21(31-19)30-16-5-4-6-17(12-16)34-24(27,28)23(25)26/h4-14,23H,1-3H3,(H,30,31). The maximum absolute atomic E-state index is 13.3. The number of imidazole rings is 1. The highest BCUT2D eigenvalue weighted by molar-refractivity contribution is 5.76. The summed E-state index contributed by atoms with van der Waals surface area (Å²) in [7, 11) is 1.57. The van der Waals surface area contributed by atoms with E-state index in [0.29, 0.717) is 28.6 Å². The predicted octanol–water partition coefficient (Wildman–Crippen LogP) is 6.51. The zero-order valence-electron chi connectivity index (χ0n) is 18.6. The van der Waals surface area contributed by atoms with Crippen LogP contribution < -0.4 is 14.8 Å². The zero-order chi connectivity index (χ0) is 24.5. The summed E-state index contributed by atoms with van der Waals surface area (Å²) in [6, 6.07) is 11.2. The minimum atomic E-state index is -4.61. The topological polar surface area (TPSA) is 60.7 Å². The van der Waals surface area contributed by atoms with Crippen LogP contribution in [0.4, 0.5) is 29.1 Å². The van der Waals surface area contributed by atoms with Crippen molar-refractivity contribution in [1.29, 1.82) is 0 Å². The van der Waals surface area contributed by atoms with Gasteiger partial charge in [-0.1, -0.05) is 26.0 Å². The third-order valence-corrected chi connectivity index (χ3v) is 5.14. The molecule has 10 heteroatoms. The lowest BCUT2D eigenvalue weighted by Crippen LogP contribution is -2.33. The number of rotatable bonds is 8. The number of halogens is 4. The second kappa shape index (κ2) is 9.20. The van der Waals surface area contributed by atoms with Crippen LogP contribution in [0.25, 0.3) is 16.9 Å². The van der Waals surface area contributed by atoms with Gasteiger partial charge >= 0.3 is 12.5 Å². The number of hydrogen-bond donors (Lipinski definition) is 1. The predicted molar refractivity (Wildman–Crippen MR) is 120 cm³/mol. The van der Waals surface area contributed by atoms with E-state index in [1.165, 1.54) is 18.2 Å². The van der Waals surface area contributed by atoms with Crippen molar-refractivity contribution in [2.45, 2.75) is 32.3 Å². The van der Waals surface area contributed by atoms with Gasteiger partial charge in [-0.25, -0.2) is 9.97 Å². The van der Waals surface area contributed by atoms with Crippen molar-refractivity contribution in [2.24, 2.45) is 0 Å². The summed E-state index contributed by atoms with van der Waals surface area (Å²) >= 11 is 0. The zero-order valence-corrected chi connectivity index (χ0v) is 18.6. The minimum Gasteiger partial charge on any atom is -0.496 e. The Morgan fingerprint density at radius 2 is 1.88 bits per heavy atom. The average molecular weight is 474 g/mol. The molecular weight excluding hydrogens is 452 g/mol. The van der Waals surface area contributed by atoms with Crippen molar-refractivity contribution in [1.82, 2.24) is 14.4 Å². The number of alkyl halides is 4. The summed E-state index contributed by atoms with van der Waals surface area (Å²) < 4.78 is 63.2. The van der Waals surface area contributed by atoms with Crippen molar-refractivity contribution in [3.63, 3.8) is 0 Å². The molecule has 0 bridgehead atoms. The van der Waals surface area contributed by atoms with E-state index in [0.717, 1.165) is 11.1 Å². The molecule has 178 valence electrons. The number of nitrogens with one attached hydrogen (secondary N) is 1. The number of aromatic nitrogens is 3. The van der Waals surface area contributed by atoms with Crippen molar-refractivity contribution in [3.8, 4) is 22.8 Å². The van der Waals surface area contributed by atoms with Crippen LogP contribution in [0.1, 0.15) is 25.3 Å². The number of methoxy groups -OCH3 is 1. The molecule has 0 aliphatic heterocycles. The van der Waals surface area contributed by atoms with Crippen LogP contribution in [-0.4, -0.2) is 34.0 Å². The third kappa shape index (κ3) is 4.75. The van der Waals surface area contributed by atoms with Crippen LogP contribution in [0.5, 0.6) is 11.5 Å². The molecular formula is C24H22F4N4O2. The summed E-state index contributed by atoms with van der Waals surface area (Å²) in [4.78, 5) is 9.00. The van der Waals surface area contributed by atoms with Gasteiger partial charge in [0.05, 0.1) is 12.8 Å². The molecule has 0 saturated carbocycles. The summed E-state index contributed by atoms with van der Waals surface area (Å²) in [5.41, 5.74) is 3.24. The molecule has 0 saturated heterocycles. The highest BCUT2D eigenvalue weighted by Crippen LogP contribution is 2.34. The van der Waals surface area contributed by atoms with E-state index in [9.17, 15) is 17.6 Å². The normalized spacial score (nSPS) is 11.9. The molecule has 2 heterocycles. The van der Waals surface area contributed by atoms with Crippen LogP contribution in [0.15, 0.2) is 61.1 Å². The number of nitrogens with zero attached hydrogens (tertiary/aromatic N) is 3. The molecule has 6 nitrogen and oxygen atoms in total. The molecule has 0 aliphatic rings. The van der Waals surface area contributed by atoms with E-state index in [1.54, 1.807) is 36.2 Å². The Balaban J connectivity index is 1.74. The van der Waals surface area contributed by atoms with Gasteiger partial charge in [0.15, 0.2) is 11.5 Å². The fraction of sp³-hybridized carbons (Fsp3) is 0.250. The number of fused-ring (bicyclic) bond motifs is 1. The SMILES string of the molecule is COc1ccc(C(C)C)cc1-c1cn2ccnc2c(Nc2cccc(OC(F)(F)C(F)F)c2)n1. The molecule has 2 aromatic heterocycles. The van der Waals surface area contributed by atoms with E-state index >= 15 is 0 Å². The quantitative estimate of drug-likeness (QED) is 0.295. The lowest BCUT2D eigenvalue weighted by Gasteiger charge is -2.17. The highest BCUT2D eigenvalue weighted by atomic mass is 19.3. The van der Waals surface area contributed by atoms with Gasteiger partial charge in [0.1, 0.15) is 11.5 Å².